The number of hydrogen-bond acceptors (Lipinski definition) is 4. The van der Waals surface area contributed by atoms with E-state index in [9.17, 15) is 39.6 Å². The molecule has 0 spiro atoms. The fourth-order valence-electron chi connectivity index (χ4n) is 4.86. The number of aliphatic carboxylic acids is 4. The second kappa shape index (κ2) is 17.9. The molecule has 0 rings (SSSR count). The van der Waals surface area contributed by atoms with Crippen molar-refractivity contribution in [2.45, 2.75) is 108 Å². The quantitative estimate of drug-likeness (QED) is 0.169. The average Bonchev–Trinajstić information content (AvgIpc) is 2.71. The summed E-state index contributed by atoms with van der Waals surface area (Å²) >= 11 is 0. The minimum absolute atomic E-state index is 0. The predicted octanol–water partition coefficient (Wildman–Crippen LogP) is 6.52. The molecule has 0 aromatic heterocycles. The normalized spacial score (nSPS) is 15.0. The van der Waals surface area contributed by atoms with Crippen molar-refractivity contribution in [3.05, 3.63) is 0 Å². The largest absolute Gasteiger partial charge is 0.481 e. The Morgan fingerprint density at radius 1 is 0.514 bits per heavy atom. The second-order valence-corrected chi connectivity index (χ2v) is 12.0. The molecule has 8 nitrogen and oxygen atoms in total. The van der Waals surface area contributed by atoms with Gasteiger partial charge in [0.05, 0.1) is 23.7 Å². The fraction of sp³-hybridized carbons (Fsp3) is 0.857. The van der Waals surface area contributed by atoms with Crippen LogP contribution in [-0.4, -0.2) is 44.3 Å². The molecule has 4 unspecified atom stereocenters. The van der Waals surface area contributed by atoms with Gasteiger partial charge in [-0.2, -0.15) is 0 Å². The van der Waals surface area contributed by atoms with Crippen molar-refractivity contribution in [3.63, 3.8) is 0 Å². The van der Waals surface area contributed by atoms with E-state index in [1.165, 1.54) is 0 Å². The molecule has 0 saturated heterocycles. The summed E-state index contributed by atoms with van der Waals surface area (Å²) in [6.07, 6.45) is 3.49. The molecule has 0 saturated carbocycles. The number of hydrogen-bond donors (Lipinski definition) is 4. The first kappa shape index (κ1) is 40.0. The third-order valence-electron chi connectivity index (χ3n) is 7.54. The molecule has 0 aromatic carbocycles. The zero-order valence-corrected chi connectivity index (χ0v) is 27.8. The van der Waals surface area contributed by atoms with Crippen LogP contribution in [-0.2, 0) is 38.7 Å². The van der Waals surface area contributed by atoms with Crippen molar-refractivity contribution in [2.24, 2.45) is 46.3 Å². The monoisotopic (exact) mass is 580 g/mol. The Morgan fingerprint density at radius 2 is 0.730 bits per heavy atom. The Kier molecular flexibility index (Phi) is 19.4. The van der Waals surface area contributed by atoms with E-state index in [2.05, 4.69) is 0 Å². The van der Waals surface area contributed by atoms with E-state index in [1.807, 2.05) is 69.2 Å². The maximum absolute atomic E-state index is 11.4. The number of carbonyl (C=O) groups is 4. The Bertz CT molecular complexity index is 640. The molecule has 0 aliphatic rings. The van der Waals surface area contributed by atoms with Gasteiger partial charge in [-0.1, -0.05) is 94.9 Å². The standard InChI is InChI=1S/2C14H26O4.Zn/c2*1-6-9(7-2)10(12(15)16)8-11(13(17)18)14(3,4)5;/h2*9-11H,6-8H2,1-5H3,(H,15,16)(H,17,18);. The summed E-state index contributed by atoms with van der Waals surface area (Å²) in [6.45, 7) is 18.9. The molecule has 0 amide bonds. The molecule has 0 bridgehead atoms. The van der Waals surface area contributed by atoms with E-state index in [0.717, 1.165) is 25.7 Å². The molecule has 0 fully saturated rings. The van der Waals surface area contributed by atoms with Gasteiger partial charge in [0.25, 0.3) is 0 Å². The summed E-state index contributed by atoms with van der Waals surface area (Å²) < 4.78 is 0. The summed E-state index contributed by atoms with van der Waals surface area (Å²) in [5, 5.41) is 37.2. The minimum Gasteiger partial charge on any atom is -0.481 e. The van der Waals surface area contributed by atoms with Crippen molar-refractivity contribution in [1.29, 1.82) is 0 Å². The first-order valence-electron chi connectivity index (χ1n) is 13.2. The van der Waals surface area contributed by atoms with Crippen LogP contribution in [0.5, 0.6) is 0 Å². The van der Waals surface area contributed by atoms with Gasteiger partial charge in [-0.25, -0.2) is 0 Å². The van der Waals surface area contributed by atoms with Gasteiger partial charge in [-0.3, -0.25) is 19.2 Å². The minimum atomic E-state index is -0.903. The fourth-order valence-corrected chi connectivity index (χ4v) is 4.86. The molecule has 4 atom stereocenters. The summed E-state index contributed by atoms with van der Waals surface area (Å²) in [7, 11) is 0. The van der Waals surface area contributed by atoms with Crippen molar-refractivity contribution in [3.8, 4) is 0 Å². The molecule has 0 aliphatic carbocycles. The van der Waals surface area contributed by atoms with Gasteiger partial charge in [0.1, 0.15) is 0 Å². The van der Waals surface area contributed by atoms with Gasteiger partial charge in [-0.15, -0.1) is 0 Å². The maximum atomic E-state index is 11.4. The molecular formula is C28H52O8Zn. The maximum Gasteiger partial charge on any atom is 0.307 e. The molecular weight excluding hydrogens is 530 g/mol. The van der Waals surface area contributed by atoms with Crippen LogP contribution in [0.15, 0.2) is 0 Å². The van der Waals surface area contributed by atoms with Crippen molar-refractivity contribution in [2.75, 3.05) is 0 Å². The van der Waals surface area contributed by atoms with E-state index in [1.54, 1.807) is 0 Å². The predicted molar refractivity (Wildman–Crippen MR) is 141 cm³/mol. The van der Waals surface area contributed by atoms with Crippen LogP contribution >= 0.6 is 0 Å². The van der Waals surface area contributed by atoms with Gasteiger partial charge < -0.3 is 20.4 Å². The van der Waals surface area contributed by atoms with E-state index in [4.69, 9.17) is 0 Å². The van der Waals surface area contributed by atoms with Crippen LogP contribution in [0.4, 0.5) is 0 Å². The molecule has 4 N–H and O–H groups in total. The molecule has 214 valence electrons. The summed E-state index contributed by atoms with van der Waals surface area (Å²) in [5.41, 5.74) is -0.850. The molecule has 0 heterocycles. The van der Waals surface area contributed by atoms with Gasteiger partial charge in [0.2, 0.25) is 0 Å². The van der Waals surface area contributed by atoms with Crippen LogP contribution in [0.2, 0.25) is 0 Å². The number of carboxylic acid groups (broad SMARTS) is 4. The third-order valence-corrected chi connectivity index (χ3v) is 7.54. The van der Waals surface area contributed by atoms with Crippen molar-refractivity contribution >= 4 is 23.9 Å². The Balaban J connectivity index is -0.000000608. The Morgan fingerprint density at radius 3 is 0.838 bits per heavy atom. The van der Waals surface area contributed by atoms with Crippen molar-refractivity contribution < 1.29 is 59.1 Å². The summed E-state index contributed by atoms with van der Waals surface area (Å²) in [5.74, 6) is -5.85. The Labute approximate surface area is 236 Å². The van der Waals surface area contributed by atoms with Crippen molar-refractivity contribution in [1.82, 2.24) is 0 Å². The number of carboxylic acids is 4. The van der Waals surface area contributed by atoms with Crippen LogP contribution in [0.1, 0.15) is 108 Å². The first-order chi connectivity index (χ1) is 16.3. The molecule has 0 aromatic rings. The van der Waals surface area contributed by atoms with Crippen LogP contribution in [0.3, 0.4) is 0 Å². The second-order valence-electron chi connectivity index (χ2n) is 12.0. The number of rotatable bonds is 14. The molecule has 0 aliphatic heterocycles. The van der Waals surface area contributed by atoms with Gasteiger partial charge in [-0.05, 0) is 35.5 Å². The summed E-state index contributed by atoms with van der Waals surface area (Å²) in [4.78, 5) is 45.3. The first-order valence-corrected chi connectivity index (χ1v) is 13.2. The zero-order valence-electron chi connectivity index (χ0n) is 24.8. The van der Waals surface area contributed by atoms with E-state index >= 15 is 0 Å². The van der Waals surface area contributed by atoms with E-state index in [0.29, 0.717) is 0 Å². The molecule has 37 heavy (non-hydrogen) atoms. The van der Waals surface area contributed by atoms with Crippen LogP contribution in [0.25, 0.3) is 0 Å². The van der Waals surface area contributed by atoms with Gasteiger partial charge in [0.15, 0.2) is 0 Å². The van der Waals surface area contributed by atoms with E-state index in [-0.39, 0.29) is 44.2 Å². The van der Waals surface area contributed by atoms with Crippen LogP contribution < -0.4 is 0 Å². The third kappa shape index (κ3) is 14.3. The van der Waals surface area contributed by atoms with E-state index < -0.39 is 58.4 Å². The smallest absolute Gasteiger partial charge is 0.307 e. The van der Waals surface area contributed by atoms with Crippen LogP contribution in [0, 0.1) is 46.3 Å². The molecule has 0 radical (unpaired) electrons. The SMILES string of the molecule is CCC(CC)C(CC(C(=O)O)C(C)(C)C)C(=O)O.CCC(CC)C(CC(C(=O)O)C(C)(C)C)C(=O)O.[Zn]. The molecule has 9 heteroatoms. The zero-order chi connectivity index (χ0) is 29.0. The summed E-state index contributed by atoms with van der Waals surface area (Å²) in [6, 6.07) is 0. The Hall–Kier alpha value is -1.50. The van der Waals surface area contributed by atoms with Gasteiger partial charge >= 0.3 is 23.9 Å². The average molecular weight is 582 g/mol. The van der Waals surface area contributed by atoms with Gasteiger partial charge in [0, 0.05) is 19.5 Å². The topological polar surface area (TPSA) is 149 Å².